The number of aryl methyl sites for hydroxylation is 1. The minimum absolute atomic E-state index is 0.0885. The summed E-state index contributed by atoms with van der Waals surface area (Å²) in [7, 11) is 1.63. The van der Waals surface area contributed by atoms with Crippen LogP contribution in [0.1, 0.15) is 18.2 Å². The topological polar surface area (TPSA) is 82.2 Å². The summed E-state index contributed by atoms with van der Waals surface area (Å²) in [4.78, 5) is 12.6. The van der Waals surface area contributed by atoms with Crippen LogP contribution in [0.3, 0.4) is 0 Å². The molecule has 8 heteroatoms. The van der Waals surface area contributed by atoms with Crippen molar-refractivity contribution in [1.29, 1.82) is 0 Å². The lowest BCUT2D eigenvalue weighted by Crippen LogP contribution is -2.16. The highest BCUT2D eigenvalue weighted by Crippen LogP contribution is 2.27. The van der Waals surface area contributed by atoms with Crippen molar-refractivity contribution in [2.45, 2.75) is 25.0 Å². The number of hydrogen-bond acceptors (Lipinski definition) is 6. The van der Waals surface area contributed by atoms with Crippen LogP contribution in [0.2, 0.25) is 0 Å². The number of methoxy groups -OCH3 is 1. The zero-order valence-corrected chi connectivity index (χ0v) is 18.8. The van der Waals surface area contributed by atoms with Crippen molar-refractivity contribution in [2.75, 3.05) is 18.2 Å². The lowest BCUT2D eigenvalue weighted by Gasteiger charge is -2.11. The summed E-state index contributed by atoms with van der Waals surface area (Å²) in [5.41, 5.74) is 2.85. The Bertz CT molecular complexity index is 1170. The second-order valence-electron chi connectivity index (χ2n) is 7.05. The first-order valence-corrected chi connectivity index (χ1v) is 11.3. The Balaban J connectivity index is 1.53. The van der Waals surface area contributed by atoms with Crippen LogP contribution in [0.25, 0.3) is 11.4 Å². The molecule has 0 fully saturated rings. The number of para-hydroxylation sites is 1. The number of nitrogens with zero attached hydrogens (tertiary/aromatic N) is 3. The van der Waals surface area contributed by atoms with E-state index in [1.54, 1.807) is 13.4 Å². The summed E-state index contributed by atoms with van der Waals surface area (Å²) in [6.07, 6.45) is 2.49. The second-order valence-corrected chi connectivity index (χ2v) is 7.99. The summed E-state index contributed by atoms with van der Waals surface area (Å²) in [5, 5.41) is 12.4. The normalized spacial score (nSPS) is 10.8. The van der Waals surface area contributed by atoms with Gasteiger partial charge >= 0.3 is 0 Å². The van der Waals surface area contributed by atoms with E-state index in [-0.39, 0.29) is 11.7 Å². The van der Waals surface area contributed by atoms with Gasteiger partial charge in [0.25, 0.3) is 0 Å². The molecular weight excluding hydrogens is 424 g/mol. The number of thioether (sulfide) groups is 1. The molecule has 0 bridgehead atoms. The lowest BCUT2D eigenvalue weighted by atomic mass is 10.1. The molecule has 7 nitrogen and oxygen atoms in total. The number of carbonyl (C=O) groups is 1. The molecule has 0 aliphatic rings. The number of anilines is 1. The number of nitrogens with one attached hydrogen (secondary N) is 1. The van der Waals surface area contributed by atoms with Crippen molar-refractivity contribution in [1.82, 2.24) is 14.8 Å². The summed E-state index contributed by atoms with van der Waals surface area (Å²) < 4.78 is 12.7. The molecule has 0 saturated carbocycles. The lowest BCUT2D eigenvalue weighted by molar-refractivity contribution is -0.113. The van der Waals surface area contributed by atoms with Gasteiger partial charge in [0.15, 0.2) is 11.0 Å². The van der Waals surface area contributed by atoms with Crippen LogP contribution in [0.4, 0.5) is 5.69 Å². The molecule has 0 radical (unpaired) electrons. The predicted octanol–water partition coefficient (Wildman–Crippen LogP) is 4.89. The third kappa shape index (κ3) is 5.03. The largest absolute Gasteiger partial charge is 0.497 e. The number of benzene rings is 2. The number of furan rings is 1. The van der Waals surface area contributed by atoms with Gasteiger partial charge in [0.1, 0.15) is 11.5 Å². The smallest absolute Gasteiger partial charge is 0.234 e. The van der Waals surface area contributed by atoms with E-state index in [1.165, 1.54) is 11.8 Å². The van der Waals surface area contributed by atoms with Crippen LogP contribution < -0.4 is 10.1 Å². The minimum Gasteiger partial charge on any atom is -0.497 e. The van der Waals surface area contributed by atoms with Crippen molar-refractivity contribution in [3.63, 3.8) is 0 Å². The third-order valence-electron chi connectivity index (χ3n) is 4.96. The number of amides is 1. The average Bonchev–Trinajstić information content (AvgIpc) is 3.48. The van der Waals surface area contributed by atoms with Gasteiger partial charge in [0, 0.05) is 11.3 Å². The Labute approximate surface area is 190 Å². The predicted molar refractivity (Wildman–Crippen MR) is 125 cm³/mol. The molecule has 0 aliphatic carbocycles. The molecule has 32 heavy (non-hydrogen) atoms. The minimum atomic E-state index is -0.0885. The monoisotopic (exact) mass is 448 g/mol. The second kappa shape index (κ2) is 10.2. The number of carbonyl (C=O) groups excluding carboxylic acids is 1. The van der Waals surface area contributed by atoms with Gasteiger partial charge in [-0.15, -0.1) is 10.2 Å². The van der Waals surface area contributed by atoms with Crippen LogP contribution in [0, 0.1) is 0 Å². The molecule has 0 saturated heterocycles. The Morgan fingerprint density at radius 2 is 1.91 bits per heavy atom. The van der Waals surface area contributed by atoms with E-state index >= 15 is 0 Å². The highest BCUT2D eigenvalue weighted by atomic mass is 32.2. The number of ether oxygens (including phenoxy) is 1. The average molecular weight is 449 g/mol. The Morgan fingerprint density at radius 3 is 2.62 bits per heavy atom. The van der Waals surface area contributed by atoms with Crippen LogP contribution in [0.5, 0.6) is 5.75 Å². The summed E-state index contributed by atoms with van der Waals surface area (Å²) in [5.74, 6) is 2.38. The fourth-order valence-electron chi connectivity index (χ4n) is 3.32. The van der Waals surface area contributed by atoms with Crippen molar-refractivity contribution < 1.29 is 13.9 Å². The van der Waals surface area contributed by atoms with Crippen molar-refractivity contribution in [3.05, 3.63) is 78.3 Å². The molecule has 0 unspecified atom stereocenters. The van der Waals surface area contributed by atoms with E-state index in [4.69, 9.17) is 9.15 Å². The summed E-state index contributed by atoms with van der Waals surface area (Å²) in [6.45, 7) is 2.53. The maximum Gasteiger partial charge on any atom is 0.234 e. The molecule has 2 aromatic heterocycles. The Hall–Kier alpha value is -3.52. The molecule has 2 aromatic carbocycles. The van der Waals surface area contributed by atoms with E-state index in [0.29, 0.717) is 17.5 Å². The standard InChI is InChI=1S/C24H24N4O3S/c1-3-17-7-4-5-9-21(17)25-22(29)16-32-24-27-26-23(18-10-12-19(30-2)13-11-18)28(24)15-20-8-6-14-31-20/h4-14H,3,15-16H2,1-2H3,(H,25,29). The summed E-state index contributed by atoms with van der Waals surface area (Å²) >= 11 is 1.34. The molecule has 4 aromatic rings. The first-order chi connectivity index (χ1) is 15.7. The molecule has 4 rings (SSSR count). The molecule has 1 N–H and O–H groups in total. The first-order valence-electron chi connectivity index (χ1n) is 10.3. The Kier molecular flexibility index (Phi) is 6.91. The van der Waals surface area contributed by atoms with Crippen molar-refractivity contribution >= 4 is 23.4 Å². The fourth-order valence-corrected chi connectivity index (χ4v) is 4.05. The molecule has 164 valence electrons. The fraction of sp³-hybridized carbons (Fsp3) is 0.208. The van der Waals surface area contributed by atoms with Crippen LogP contribution >= 0.6 is 11.8 Å². The van der Waals surface area contributed by atoms with E-state index in [1.807, 2.05) is 65.2 Å². The van der Waals surface area contributed by atoms with Crippen LogP contribution in [-0.4, -0.2) is 33.5 Å². The zero-order chi connectivity index (χ0) is 22.3. The quantitative estimate of drug-likeness (QED) is 0.367. The highest BCUT2D eigenvalue weighted by Gasteiger charge is 2.17. The van der Waals surface area contributed by atoms with Gasteiger partial charge in [-0.1, -0.05) is 36.9 Å². The van der Waals surface area contributed by atoms with Crippen molar-refractivity contribution in [3.8, 4) is 17.1 Å². The zero-order valence-electron chi connectivity index (χ0n) is 17.9. The van der Waals surface area contributed by atoms with Gasteiger partial charge < -0.3 is 14.5 Å². The number of aromatic nitrogens is 3. The van der Waals surface area contributed by atoms with Gasteiger partial charge in [0.05, 0.1) is 25.7 Å². The van der Waals surface area contributed by atoms with Gasteiger partial charge in [-0.3, -0.25) is 9.36 Å². The molecule has 1 amide bonds. The van der Waals surface area contributed by atoms with E-state index < -0.39 is 0 Å². The van der Waals surface area contributed by atoms with E-state index in [9.17, 15) is 4.79 Å². The first kappa shape index (κ1) is 21.7. The van der Waals surface area contributed by atoms with Crippen LogP contribution in [-0.2, 0) is 17.8 Å². The van der Waals surface area contributed by atoms with Gasteiger partial charge in [0.2, 0.25) is 5.91 Å². The summed E-state index contributed by atoms with van der Waals surface area (Å²) in [6, 6.07) is 19.2. The third-order valence-corrected chi connectivity index (χ3v) is 5.93. The highest BCUT2D eigenvalue weighted by molar-refractivity contribution is 7.99. The maximum atomic E-state index is 12.6. The van der Waals surface area contributed by atoms with Gasteiger partial charge in [-0.05, 0) is 54.4 Å². The molecule has 0 aliphatic heterocycles. The van der Waals surface area contributed by atoms with Gasteiger partial charge in [-0.25, -0.2) is 0 Å². The van der Waals surface area contributed by atoms with E-state index in [0.717, 1.165) is 34.7 Å². The Morgan fingerprint density at radius 1 is 1.09 bits per heavy atom. The molecule has 0 atom stereocenters. The molecule has 2 heterocycles. The van der Waals surface area contributed by atoms with Gasteiger partial charge in [-0.2, -0.15) is 0 Å². The van der Waals surface area contributed by atoms with E-state index in [2.05, 4.69) is 22.4 Å². The maximum absolute atomic E-state index is 12.6. The van der Waals surface area contributed by atoms with Crippen LogP contribution in [0.15, 0.2) is 76.5 Å². The molecule has 0 spiro atoms. The SMILES string of the molecule is CCc1ccccc1NC(=O)CSc1nnc(-c2ccc(OC)cc2)n1Cc1ccco1. The molecular formula is C24H24N4O3S. The van der Waals surface area contributed by atoms with Crippen molar-refractivity contribution in [2.24, 2.45) is 0 Å². The number of rotatable bonds is 9. The number of hydrogen-bond donors (Lipinski definition) is 1.